The molecule has 1 aromatic carbocycles. The Morgan fingerprint density at radius 3 is 2.61 bits per heavy atom. The topological polar surface area (TPSA) is 114 Å². The molecule has 0 amide bonds. The smallest absolute Gasteiger partial charge is 0.199 e. The maximum atomic E-state index is 13.9. The lowest BCUT2D eigenvalue weighted by Gasteiger charge is -2.10. The second-order valence-corrected chi connectivity index (χ2v) is 8.17. The lowest BCUT2D eigenvalue weighted by molar-refractivity contribution is 0.104. The number of hydrogen-bond acceptors (Lipinski definition) is 6. The fraction of sp³-hybridized carbons (Fsp3) is 0.125. The standard InChI is InChI=1S/C15H12F2N2O.C9H9NOS.H2O/c1-8-5-6-11(16)12(13(8)17)14(20)9(2)10-4-3-7-19-15(10)18;1-7-3-2-4-9(12-7)8-5-10-6-11-8;/h3-7H,2H2,1H3,(H2,18,19);3-6H,2H2,1H3;1H2. The number of thioether (sulfide) groups is 1. The summed E-state index contributed by atoms with van der Waals surface area (Å²) in [4.78, 5) is 22.4. The van der Waals surface area contributed by atoms with E-state index in [0.717, 1.165) is 18.2 Å². The van der Waals surface area contributed by atoms with Gasteiger partial charge in [-0.2, -0.15) is 0 Å². The summed E-state index contributed by atoms with van der Waals surface area (Å²) in [6.07, 6.45) is 10.0. The summed E-state index contributed by atoms with van der Waals surface area (Å²) in [5.41, 5.74) is 5.35. The van der Waals surface area contributed by atoms with Crippen LogP contribution in [0.1, 0.15) is 40.6 Å². The molecule has 33 heavy (non-hydrogen) atoms. The van der Waals surface area contributed by atoms with Crippen LogP contribution in [0.2, 0.25) is 0 Å². The van der Waals surface area contributed by atoms with Crippen molar-refractivity contribution in [2.75, 3.05) is 5.73 Å². The molecular formula is C24H23F2N3O3S. The lowest BCUT2D eigenvalue weighted by Crippen LogP contribution is -2.10. The Kier molecular flexibility index (Phi) is 8.84. The normalized spacial score (nSPS) is 12.5. The van der Waals surface area contributed by atoms with E-state index < -0.39 is 23.0 Å². The number of nitrogens with two attached hydrogens (primary N) is 1. The van der Waals surface area contributed by atoms with Crippen LogP contribution in [-0.4, -0.2) is 21.2 Å². The van der Waals surface area contributed by atoms with E-state index in [4.69, 9.17) is 10.2 Å². The van der Waals surface area contributed by atoms with Gasteiger partial charge >= 0.3 is 0 Å². The zero-order valence-corrected chi connectivity index (χ0v) is 18.9. The number of anilines is 1. The van der Waals surface area contributed by atoms with Crippen molar-refractivity contribution in [2.45, 2.75) is 20.3 Å². The van der Waals surface area contributed by atoms with Crippen LogP contribution >= 0.6 is 11.8 Å². The number of rotatable bonds is 4. The van der Waals surface area contributed by atoms with Gasteiger partial charge in [0.2, 0.25) is 0 Å². The number of pyridine rings is 1. The third-order valence-electron chi connectivity index (χ3n) is 4.60. The Hall–Kier alpha value is -3.56. The molecule has 0 bridgehead atoms. The fourth-order valence-electron chi connectivity index (χ4n) is 2.89. The van der Waals surface area contributed by atoms with E-state index in [9.17, 15) is 13.6 Å². The highest BCUT2D eigenvalue weighted by molar-refractivity contribution is 8.11. The first kappa shape index (κ1) is 25.7. The van der Waals surface area contributed by atoms with Crippen molar-refractivity contribution in [3.8, 4) is 0 Å². The van der Waals surface area contributed by atoms with Crippen molar-refractivity contribution in [2.24, 2.45) is 0 Å². The van der Waals surface area contributed by atoms with E-state index in [1.165, 1.54) is 41.5 Å². The van der Waals surface area contributed by atoms with Crippen LogP contribution in [0.4, 0.5) is 14.6 Å². The van der Waals surface area contributed by atoms with Crippen LogP contribution in [0.25, 0.3) is 10.5 Å². The van der Waals surface area contributed by atoms with Crippen LogP contribution in [0.3, 0.4) is 0 Å². The monoisotopic (exact) mass is 471 g/mol. The number of hydrogen-bond donors (Lipinski definition) is 1. The number of nitrogen functional groups attached to an aromatic ring is 1. The summed E-state index contributed by atoms with van der Waals surface area (Å²) < 4.78 is 32.8. The van der Waals surface area contributed by atoms with Gasteiger partial charge in [0.05, 0.1) is 16.7 Å². The Balaban J connectivity index is 0.000000253. The summed E-state index contributed by atoms with van der Waals surface area (Å²) in [5.74, 6) is -1.71. The molecule has 6 nitrogen and oxygen atoms in total. The van der Waals surface area contributed by atoms with Gasteiger partial charge in [-0.3, -0.25) is 4.79 Å². The van der Waals surface area contributed by atoms with Crippen LogP contribution in [-0.2, 0) is 0 Å². The van der Waals surface area contributed by atoms with E-state index in [-0.39, 0.29) is 28.0 Å². The number of halogens is 2. The third-order valence-corrected chi connectivity index (χ3v) is 5.68. The first-order valence-electron chi connectivity index (χ1n) is 9.62. The summed E-state index contributed by atoms with van der Waals surface area (Å²) in [6, 6.07) is 5.40. The minimum atomic E-state index is -0.929. The van der Waals surface area contributed by atoms with Crippen LogP contribution in [0.5, 0.6) is 0 Å². The van der Waals surface area contributed by atoms with Crippen molar-refractivity contribution in [1.82, 2.24) is 9.97 Å². The molecule has 0 radical (unpaired) electrons. The fourth-order valence-corrected chi connectivity index (χ4v) is 3.80. The van der Waals surface area contributed by atoms with Gasteiger partial charge in [0.25, 0.3) is 0 Å². The number of carbonyl (C=O) groups is 1. The van der Waals surface area contributed by atoms with Crippen molar-refractivity contribution < 1.29 is 23.5 Å². The van der Waals surface area contributed by atoms with Gasteiger partial charge in [-0.1, -0.05) is 36.6 Å². The minimum Gasteiger partial charge on any atom is -0.443 e. The molecule has 0 spiro atoms. The van der Waals surface area contributed by atoms with E-state index in [0.29, 0.717) is 0 Å². The number of Topliss-reactive ketones (excluding diaryl/α,β-unsaturated/α-hetero) is 1. The van der Waals surface area contributed by atoms with Crippen molar-refractivity contribution in [3.63, 3.8) is 0 Å². The molecule has 0 aliphatic carbocycles. The molecule has 2 aromatic heterocycles. The van der Waals surface area contributed by atoms with Gasteiger partial charge < -0.3 is 15.6 Å². The predicted octanol–water partition coefficient (Wildman–Crippen LogP) is 5.38. The number of aryl methyl sites for hydroxylation is 1. The van der Waals surface area contributed by atoms with Crippen LogP contribution in [0, 0.1) is 18.6 Å². The average Bonchev–Trinajstić information content (AvgIpc) is 3.32. The number of ketones is 1. The number of carbonyl (C=O) groups excluding carboxylic acids is 1. The molecule has 9 heteroatoms. The maximum absolute atomic E-state index is 13.9. The first-order chi connectivity index (χ1) is 15.3. The van der Waals surface area contributed by atoms with E-state index in [1.54, 1.807) is 24.0 Å². The minimum absolute atomic E-state index is 0. The van der Waals surface area contributed by atoms with E-state index in [1.807, 2.05) is 0 Å². The molecule has 0 atom stereocenters. The lowest BCUT2D eigenvalue weighted by atomic mass is 9.96. The molecule has 0 saturated heterocycles. The second kappa shape index (κ2) is 11.3. The van der Waals surface area contributed by atoms with Crippen LogP contribution in [0.15, 0.2) is 71.1 Å². The molecule has 1 aliphatic rings. The Morgan fingerprint density at radius 1 is 1.21 bits per heavy atom. The van der Waals surface area contributed by atoms with Crippen molar-refractivity contribution >= 4 is 33.8 Å². The van der Waals surface area contributed by atoms with Gasteiger partial charge in [-0.25, -0.2) is 18.7 Å². The van der Waals surface area contributed by atoms with Crippen molar-refractivity contribution in [3.05, 3.63) is 101 Å². The maximum Gasteiger partial charge on any atom is 0.199 e. The highest BCUT2D eigenvalue weighted by Gasteiger charge is 2.23. The quantitative estimate of drug-likeness (QED) is 0.404. The largest absolute Gasteiger partial charge is 0.443 e. The van der Waals surface area contributed by atoms with E-state index >= 15 is 0 Å². The Bertz CT molecular complexity index is 1220. The summed E-state index contributed by atoms with van der Waals surface area (Å²) in [7, 11) is 0. The Morgan fingerprint density at radius 2 is 1.97 bits per heavy atom. The molecular weight excluding hydrogens is 448 g/mol. The molecule has 3 heterocycles. The summed E-state index contributed by atoms with van der Waals surface area (Å²) in [6.45, 7) is 7.13. The zero-order valence-electron chi connectivity index (χ0n) is 18.1. The van der Waals surface area contributed by atoms with Gasteiger partial charge in [0.15, 0.2) is 17.9 Å². The van der Waals surface area contributed by atoms with Gasteiger partial charge in [-0.15, -0.1) is 0 Å². The second-order valence-electron chi connectivity index (χ2n) is 6.88. The molecule has 4 rings (SSSR count). The predicted molar refractivity (Wildman–Crippen MR) is 127 cm³/mol. The van der Waals surface area contributed by atoms with Crippen molar-refractivity contribution in [1.29, 1.82) is 0 Å². The zero-order chi connectivity index (χ0) is 23.3. The van der Waals surface area contributed by atoms with E-state index in [2.05, 4.69) is 35.6 Å². The van der Waals surface area contributed by atoms with Gasteiger partial charge in [-0.05, 0) is 48.9 Å². The molecule has 0 fully saturated rings. The molecule has 4 N–H and O–H groups in total. The highest BCUT2D eigenvalue weighted by Crippen LogP contribution is 2.36. The number of nitrogens with zero attached hydrogens (tertiary/aromatic N) is 2. The molecule has 172 valence electrons. The third kappa shape index (κ3) is 6.03. The summed E-state index contributed by atoms with van der Waals surface area (Å²) >= 11 is 1.73. The van der Waals surface area contributed by atoms with Crippen LogP contribution < -0.4 is 5.73 Å². The number of allylic oxidation sites excluding steroid dienone is 4. The number of aromatic nitrogens is 2. The molecule has 3 aromatic rings. The molecule has 0 unspecified atom stereocenters. The first-order valence-corrected chi connectivity index (χ1v) is 10.4. The summed E-state index contributed by atoms with van der Waals surface area (Å²) in [5, 5.41) is 0. The molecule has 1 aliphatic heterocycles. The number of oxazole rings is 1. The Labute approximate surface area is 194 Å². The highest BCUT2D eigenvalue weighted by atomic mass is 32.2. The molecule has 0 saturated carbocycles. The van der Waals surface area contributed by atoms with Gasteiger partial charge in [0.1, 0.15) is 17.5 Å². The average molecular weight is 472 g/mol. The van der Waals surface area contributed by atoms with Gasteiger partial charge in [0, 0.05) is 17.3 Å². The SMILES string of the molecule is C=C(C(=O)c1c(F)ccc(C)c1F)c1cccnc1N.CC1=CCC=C(c2cnco2)S1.O. The number of benzene rings is 1.